The standard InChI is InChI=1S/C13H9ClFNO/c14-10-1-2-11(12(15)8-10)13(17)7-9-3-5-16-6-4-9/h1-6,8H,7H2. The van der Waals surface area contributed by atoms with E-state index >= 15 is 0 Å². The third kappa shape index (κ3) is 2.88. The highest BCUT2D eigenvalue weighted by atomic mass is 35.5. The first-order valence-electron chi connectivity index (χ1n) is 5.04. The summed E-state index contributed by atoms with van der Waals surface area (Å²) in [5.74, 6) is -0.859. The molecule has 1 aromatic carbocycles. The van der Waals surface area contributed by atoms with E-state index in [-0.39, 0.29) is 22.8 Å². The number of benzene rings is 1. The van der Waals surface area contributed by atoms with Crippen LogP contribution in [0.4, 0.5) is 4.39 Å². The molecule has 0 radical (unpaired) electrons. The van der Waals surface area contributed by atoms with Gasteiger partial charge in [-0.2, -0.15) is 0 Å². The van der Waals surface area contributed by atoms with Crippen LogP contribution in [0.3, 0.4) is 0 Å². The Morgan fingerprint density at radius 1 is 1.24 bits per heavy atom. The third-order valence-corrected chi connectivity index (χ3v) is 2.58. The predicted octanol–water partition coefficient (Wildman–Crippen LogP) is 3.30. The second-order valence-electron chi connectivity index (χ2n) is 3.58. The highest BCUT2D eigenvalue weighted by Gasteiger charge is 2.12. The van der Waals surface area contributed by atoms with Crippen molar-refractivity contribution < 1.29 is 9.18 Å². The van der Waals surface area contributed by atoms with Crippen molar-refractivity contribution in [2.24, 2.45) is 0 Å². The molecule has 0 fully saturated rings. The fourth-order valence-electron chi connectivity index (χ4n) is 1.50. The summed E-state index contributed by atoms with van der Waals surface area (Å²) in [6.07, 6.45) is 3.35. The lowest BCUT2D eigenvalue weighted by molar-refractivity contribution is 0.0989. The van der Waals surface area contributed by atoms with Crippen molar-refractivity contribution >= 4 is 17.4 Å². The molecule has 2 nitrogen and oxygen atoms in total. The lowest BCUT2D eigenvalue weighted by Crippen LogP contribution is -2.06. The van der Waals surface area contributed by atoms with E-state index in [2.05, 4.69) is 4.98 Å². The van der Waals surface area contributed by atoms with Crippen LogP contribution in [0, 0.1) is 5.82 Å². The molecule has 4 heteroatoms. The van der Waals surface area contributed by atoms with Crippen LogP contribution in [-0.4, -0.2) is 10.8 Å². The van der Waals surface area contributed by atoms with Crippen molar-refractivity contribution in [3.8, 4) is 0 Å². The summed E-state index contributed by atoms with van der Waals surface area (Å²) in [4.78, 5) is 15.7. The molecule has 0 aliphatic heterocycles. The first-order valence-corrected chi connectivity index (χ1v) is 5.42. The largest absolute Gasteiger partial charge is 0.294 e. The number of pyridine rings is 1. The number of carbonyl (C=O) groups excluding carboxylic acids is 1. The van der Waals surface area contributed by atoms with Crippen molar-refractivity contribution in [2.75, 3.05) is 0 Å². The molecule has 1 aromatic heterocycles. The second kappa shape index (κ2) is 5.06. The van der Waals surface area contributed by atoms with Gasteiger partial charge in [-0.25, -0.2) is 4.39 Å². The zero-order chi connectivity index (χ0) is 12.3. The molecular formula is C13H9ClFNO. The maximum Gasteiger partial charge on any atom is 0.170 e. The summed E-state index contributed by atoms with van der Waals surface area (Å²) >= 11 is 5.62. The molecule has 86 valence electrons. The van der Waals surface area contributed by atoms with Crippen LogP contribution in [0.2, 0.25) is 5.02 Å². The maximum atomic E-state index is 13.5. The number of halogens is 2. The van der Waals surface area contributed by atoms with E-state index in [1.165, 1.54) is 12.1 Å². The minimum absolute atomic E-state index is 0.0613. The van der Waals surface area contributed by atoms with Gasteiger partial charge < -0.3 is 0 Å². The van der Waals surface area contributed by atoms with E-state index in [0.29, 0.717) is 0 Å². The van der Waals surface area contributed by atoms with Gasteiger partial charge in [0.15, 0.2) is 5.78 Å². The number of rotatable bonds is 3. The smallest absolute Gasteiger partial charge is 0.170 e. The summed E-state index contributed by atoms with van der Waals surface area (Å²) < 4.78 is 13.5. The molecule has 2 aromatic rings. The topological polar surface area (TPSA) is 30.0 Å². The quantitative estimate of drug-likeness (QED) is 0.782. The van der Waals surface area contributed by atoms with Crippen LogP contribution < -0.4 is 0 Å². The average Bonchev–Trinajstić information content (AvgIpc) is 2.30. The first kappa shape index (κ1) is 11.7. The number of carbonyl (C=O) groups is 1. The minimum Gasteiger partial charge on any atom is -0.294 e. The third-order valence-electron chi connectivity index (χ3n) is 2.35. The average molecular weight is 250 g/mol. The summed E-state index contributed by atoms with van der Waals surface area (Å²) in [6, 6.07) is 7.50. The zero-order valence-corrected chi connectivity index (χ0v) is 9.62. The summed E-state index contributed by atoms with van der Waals surface area (Å²) in [6.45, 7) is 0. The fourth-order valence-corrected chi connectivity index (χ4v) is 1.66. The Labute approximate surface area is 103 Å². The maximum absolute atomic E-state index is 13.5. The number of hydrogen-bond donors (Lipinski definition) is 0. The summed E-state index contributed by atoms with van der Waals surface area (Å²) in [5.41, 5.74) is 0.866. The van der Waals surface area contributed by atoms with Crippen LogP contribution in [-0.2, 0) is 6.42 Å². The van der Waals surface area contributed by atoms with E-state index < -0.39 is 5.82 Å². The Kier molecular flexibility index (Phi) is 3.49. The Morgan fingerprint density at radius 3 is 2.59 bits per heavy atom. The highest BCUT2D eigenvalue weighted by Crippen LogP contribution is 2.16. The molecule has 0 saturated heterocycles. The van der Waals surface area contributed by atoms with E-state index in [9.17, 15) is 9.18 Å². The Hall–Kier alpha value is -1.74. The van der Waals surface area contributed by atoms with Gasteiger partial charge in [-0.3, -0.25) is 9.78 Å². The van der Waals surface area contributed by atoms with Gasteiger partial charge in [0.2, 0.25) is 0 Å². The first-order chi connectivity index (χ1) is 8.16. The lowest BCUT2D eigenvalue weighted by Gasteiger charge is -2.03. The Bertz CT molecular complexity index is 542. The van der Waals surface area contributed by atoms with Crippen LogP contribution >= 0.6 is 11.6 Å². The molecule has 0 aliphatic rings. The number of aromatic nitrogens is 1. The van der Waals surface area contributed by atoms with E-state index in [1.807, 2.05) is 0 Å². The normalized spacial score (nSPS) is 10.2. The number of Topliss-reactive ketones (excluding diaryl/α,β-unsaturated/α-hetero) is 1. The fraction of sp³-hybridized carbons (Fsp3) is 0.0769. The second-order valence-corrected chi connectivity index (χ2v) is 4.02. The van der Waals surface area contributed by atoms with Crippen LogP contribution in [0.25, 0.3) is 0 Å². The van der Waals surface area contributed by atoms with E-state index in [1.54, 1.807) is 24.5 Å². The highest BCUT2D eigenvalue weighted by molar-refractivity contribution is 6.30. The van der Waals surface area contributed by atoms with Gasteiger partial charge >= 0.3 is 0 Å². The predicted molar refractivity (Wildman–Crippen MR) is 63.7 cm³/mol. The van der Waals surface area contributed by atoms with Gasteiger partial charge in [0, 0.05) is 23.8 Å². The van der Waals surface area contributed by atoms with Gasteiger partial charge in [-0.15, -0.1) is 0 Å². The van der Waals surface area contributed by atoms with E-state index in [4.69, 9.17) is 11.6 Å². The zero-order valence-electron chi connectivity index (χ0n) is 8.86. The molecule has 0 aliphatic carbocycles. The van der Waals surface area contributed by atoms with Crippen LogP contribution in [0.15, 0.2) is 42.7 Å². The molecule has 0 spiro atoms. The molecule has 0 amide bonds. The number of nitrogens with zero attached hydrogens (tertiary/aromatic N) is 1. The lowest BCUT2D eigenvalue weighted by atomic mass is 10.0. The molecule has 2 rings (SSSR count). The SMILES string of the molecule is O=C(Cc1ccncc1)c1ccc(Cl)cc1F. The molecule has 0 bridgehead atoms. The molecule has 1 heterocycles. The van der Waals surface area contributed by atoms with Gasteiger partial charge in [-0.1, -0.05) is 11.6 Å². The molecule has 0 N–H and O–H groups in total. The van der Waals surface area contributed by atoms with Gasteiger partial charge in [0.05, 0.1) is 5.56 Å². The van der Waals surface area contributed by atoms with Crippen LogP contribution in [0.5, 0.6) is 0 Å². The molecule has 17 heavy (non-hydrogen) atoms. The van der Waals surface area contributed by atoms with Crippen molar-refractivity contribution in [1.29, 1.82) is 0 Å². The molecule has 0 unspecified atom stereocenters. The monoisotopic (exact) mass is 249 g/mol. The molecule has 0 saturated carbocycles. The molecular weight excluding hydrogens is 241 g/mol. The van der Waals surface area contributed by atoms with Crippen molar-refractivity contribution in [3.63, 3.8) is 0 Å². The van der Waals surface area contributed by atoms with E-state index in [0.717, 1.165) is 11.6 Å². The van der Waals surface area contributed by atoms with Crippen molar-refractivity contribution in [1.82, 2.24) is 4.98 Å². The summed E-state index contributed by atoms with van der Waals surface area (Å²) in [7, 11) is 0. The minimum atomic E-state index is -0.587. The van der Waals surface area contributed by atoms with Gasteiger partial charge in [-0.05, 0) is 35.9 Å². The Balaban J connectivity index is 2.21. The van der Waals surface area contributed by atoms with Gasteiger partial charge in [0.1, 0.15) is 5.82 Å². The van der Waals surface area contributed by atoms with Gasteiger partial charge in [0.25, 0.3) is 0 Å². The van der Waals surface area contributed by atoms with Crippen molar-refractivity contribution in [3.05, 3.63) is 64.7 Å². The van der Waals surface area contributed by atoms with Crippen molar-refractivity contribution in [2.45, 2.75) is 6.42 Å². The number of ketones is 1. The molecule has 0 atom stereocenters. The Morgan fingerprint density at radius 2 is 1.94 bits per heavy atom. The summed E-state index contributed by atoms with van der Waals surface area (Å²) in [5, 5.41) is 0.281. The number of hydrogen-bond acceptors (Lipinski definition) is 2. The van der Waals surface area contributed by atoms with Crippen LogP contribution in [0.1, 0.15) is 15.9 Å².